The third-order valence-corrected chi connectivity index (χ3v) is 5.80. The number of aliphatic carboxylic acids is 1. The molecule has 0 radical (unpaired) electrons. The summed E-state index contributed by atoms with van der Waals surface area (Å²) < 4.78 is 23.6. The number of carbonyl (C=O) groups is 1. The zero-order valence-corrected chi connectivity index (χ0v) is 10.3. The molecule has 0 saturated carbocycles. The first-order chi connectivity index (χ1) is 7.47. The molecule has 0 bridgehead atoms. The summed E-state index contributed by atoms with van der Waals surface area (Å²) in [6.07, 6.45) is 0.207. The van der Waals surface area contributed by atoms with E-state index in [0.29, 0.717) is 10.8 Å². The lowest BCUT2D eigenvalue weighted by Gasteiger charge is -2.14. The molecule has 88 valence electrons. The second kappa shape index (κ2) is 5.36. The molecule has 1 aromatic carbocycles. The van der Waals surface area contributed by atoms with Gasteiger partial charge in [-0.15, -0.1) is 0 Å². The van der Waals surface area contributed by atoms with Crippen LogP contribution in [-0.2, 0) is 13.7 Å². The van der Waals surface area contributed by atoms with Gasteiger partial charge in [-0.3, -0.25) is 0 Å². The molecule has 0 aliphatic heterocycles. The van der Waals surface area contributed by atoms with Crippen LogP contribution in [0.25, 0.3) is 0 Å². The number of carbonyl (C=O) groups excluding carboxylic acids is 1. The number of carboxylic acid groups (broad SMARTS) is 1. The number of carboxylic acids is 1. The van der Waals surface area contributed by atoms with Crippen molar-refractivity contribution in [1.29, 1.82) is 0 Å². The third-order valence-electron chi connectivity index (χ3n) is 1.91. The summed E-state index contributed by atoms with van der Waals surface area (Å²) in [5.41, 5.74) is 0. The number of rotatable bonds is 5. The Kier molecular flexibility index (Phi) is 4.37. The first-order valence-corrected chi connectivity index (χ1v) is 7.54. The highest BCUT2D eigenvalue weighted by Crippen LogP contribution is 2.28. The minimum Gasteiger partial charge on any atom is -0.549 e. The standard InChI is InChI=1S/C10H12O4S2/c1-2-9(10(11)12)15-16(13,14)8-6-4-3-5-7-8/h3-7,9H,2H2,1H3,(H,11,12)/p-1. The molecular formula is C10H11O4S2-. The molecule has 1 rings (SSSR count). The van der Waals surface area contributed by atoms with Gasteiger partial charge < -0.3 is 9.90 Å². The van der Waals surface area contributed by atoms with Crippen molar-refractivity contribution in [2.75, 3.05) is 0 Å². The summed E-state index contributed by atoms with van der Waals surface area (Å²) in [7, 11) is -3.20. The van der Waals surface area contributed by atoms with Crippen molar-refractivity contribution in [1.82, 2.24) is 0 Å². The molecule has 0 aliphatic carbocycles. The van der Waals surface area contributed by atoms with Gasteiger partial charge in [0.1, 0.15) is 0 Å². The van der Waals surface area contributed by atoms with E-state index in [9.17, 15) is 18.3 Å². The van der Waals surface area contributed by atoms with Crippen LogP contribution in [0.1, 0.15) is 13.3 Å². The van der Waals surface area contributed by atoms with Gasteiger partial charge in [-0.25, -0.2) is 8.42 Å². The Hall–Kier alpha value is -1.01. The predicted molar refractivity (Wildman–Crippen MR) is 60.3 cm³/mol. The van der Waals surface area contributed by atoms with Gasteiger partial charge in [-0.05, 0) is 29.3 Å². The lowest BCUT2D eigenvalue weighted by Crippen LogP contribution is -2.33. The zero-order chi connectivity index (χ0) is 12.2. The normalized spacial score (nSPS) is 13.3. The highest BCUT2D eigenvalue weighted by atomic mass is 33.1. The summed E-state index contributed by atoms with van der Waals surface area (Å²) in [5.74, 6) is -1.35. The minimum absolute atomic E-state index is 0.111. The molecule has 1 atom stereocenters. The van der Waals surface area contributed by atoms with Crippen molar-refractivity contribution in [3.63, 3.8) is 0 Å². The van der Waals surface area contributed by atoms with Crippen LogP contribution in [0.3, 0.4) is 0 Å². The van der Waals surface area contributed by atoms with Gasteiger partial charge in [0, 0.05) is 0 Å². The number of hydrogen-bond donors (Lipinski definition) is 0. The Morgan fingerprint density at radius 3 is 2.38 bits per heavy atom. The first-order valence-electron chi connectivity index (χ1n) is 4.66. The van der Waals surface area contributed by atoms with E-state index >= 15 is 0 Å². The van der Waals surface area contributed by atoms with E-state index in [1.54, 1.807) is 25.1 Å². The molecule has 6 heteroatoms. The van der Waals surface area contributed by atoms with Crippen LogP contribution in [0, 0.1) is 0 Å². The Morgan fingerprint density at radius 2 is 1.94 bits per heavy atom. The van der Waals surface area contributed by atoms with Gasteiger partial charge >= 0.3 is 0 Å². The Labute approximate surface area is 98.0 Å². The largest absolute Gasteiger partial charge is 0.549 e. The van der Waals surface area contributed by atoms with E-state index in [1.807, 2.05) is 0 Å². The first kappa shape index (κ1) is 13.1. The van der Waals surface area contributed by atoms with Crippen LogP contribution in [0.4, 0.5) is 0 Å². The monoisotopic (exact) mass is 259 g/mol. The molecule has 0 spiro atoms. The van der Waals surface area contributed by atoms with Crippen molar-refractivity contribution >= 4 is 25.6 Å². The van der Waals surface area contributed by atoms with Crippen molar-refractivity contribution in [3.8, 4) is 0 Å². The fraction of sp³-hybridized carbons (Fsp3) is 0.300. The molecule has 1 unspecified atom stereocenters. The molecule has 0 amide bonds. The topological polar surface area (TPSA) is 74.3 Å². The maximum Gasteiger partial charge on any atom is 0.230 e. The maximum atomic E-state index is 11.8. The van der Waals surface area contributed by atoms with Crippen LogP contribution < -0.4 is 5.11 Å². The molecule has 0 heterocycles. The van der Waals surface area contributed by atoms with Crippen LogP contribution in [0.2, 0.25) is 0 Å². The maximum absolute atomic E-state index is 11.8. The van der Waals surface area contributed by atoms with E-state index in [2.05, 4.69) is 0 Å². The van der Waals surface area contributed by atoms with Crippen molar-refractivity contribution in [2.45, 2.75) is 23.5 Å². The van der Waals surface area contributed by atoms with E-state index < -0.39 is 20.1 Å². The van der Waals surface area contributed by atoms with Crippen LogP contribution in [0.15, 0.2) is 35.2 Å². The third kappa shape index (κ3) is 3.24. The average Bonchev–Trinajstić information content (AvgIpc) is 2.27. The second-order valence-corrected chi connectivity index (χ2v) is 7.11. The molecule has 0 aliphatic rings. The average molecular weight is 259 g/mol. The summed E-state index contributed by atoms with van der Waals surface area (Å²) in [6.45, 7) is 1.61. The van der Waals surface area contributed by atoms with E-state index in [0.717, 1.165) is 0 Å². The van der Waals surface area contributed by atoms with Gasteiger partial charge in [-0.1, -0.05) is 25.1 Å². The molecule has 0 saturated heterocycles. The summed E-state index contributed by atoms with van der Waals surface area (Å²) in [6, 6.07) is 7.75. The van der Waals surface area contributed by atoms with Crippen LogP contribution >= 0.6 is 10.8 Å². The molecule has 0 aromatic heterocycles. The summed E-state index contributed by atoms with van der Waals surface area (Å²) >= 11 is 0. The zero-order valence-electron chi connectivity index (χ0n) is 8.62. The Bertz CT molecular complexity index is 453. The van der Waals surface area contributed by atoms with E-state index in [-0.39, 0.29) is 11.3 Å². The fourth-order valence-corrected chi connectivity index (χ4v) is 4.42. The summed E-state index contributed by atoms with van der Waals surface area (Å²) in [5, 5.41) is 9.61. The quantitative estimate of drug-likeness (QED) is 0.725. The molecule has 0 fully saturated rings. The Morgan fingerprint density at radius 1 is 1.38 bits per heavy atom. The van der Waals surface area contributed by atoms with E-state index in [1.165, 1.54) is 12.1 Å². The minimum atomic E-state index is -3.62. The molecule has 0 N–H and O–H groups in total. The van der Waals surface area contributed by atoms with Gasteiger partial charge in [0.2, 0.25) is 8.87 Å². The number of benzene rings is 1. The second-order valence-electron chi connectivity index (χ2n) is 3.08. The predicted octanol–water partition coefficient (Wildman–Crippen LogP) is 0.637. The van der Waals surface area contributed by atoms with Crippen molar-refractivity contribution < 1.29 is 18.3 Å². The molecule has 1 aromatic rings. The van der Waals surface area contributed by atoms with Crippen LogP contribution in [0.5, 0.6) is 0 Å². The highest BCUT2D eigenvalue weighted by Gasteiger charge is 2.21. The summed E-state index contributed by atoms with van der Waals surface area (Å²) in [4.78, 5) is 10.8. The fourth-order valence-electron chi connectivity index (χ4n) is 1.07. The lowest BCUT2D eigenvalue weighted by molar-refractivity contribution is -0.304. The van der Waals surface area contributed by atoms with Crippen molar-refractivity contribution in [2.24, 2.45) is 0 Å². The SMILES string of the molecule is CCC(SS(=O)(=O)c1ccccc1)C(=O)[O-]. The van der Waals surface area contributed by atoms with E-state index in [4.69, 9.17) is 0 Å². The van der Waals surface area contributed by atoms with Gasteiger partial charge in [0.15, 0.2) is 0 Å². The van der Waals surface area contributed by atoms with Gasteiger partial charge in [-0.2, -0.15) is 0 Å². The Balaban J connectivity index is 2.92. The van der Waals surface area contributed by atoms with Crippen LogP contribution in [-0.4, -0.2) is 19.6 Å². The van der Waals surface area contributed by atoms with Gasteiger partial charge in [0.25, 0.3) is 0 Å². The van der Waals surface area contributed by atoms with Gasteiger partial charge in [0.05, 0.1) is 16.1 Å². The molecule has 16 heavy (non-hydrogen) atoms. The lowest BCUT2D eigenvalue weighted by atomic mass is 10.3. The highest BCUT2D eigenvalue weighted by molar-refractivity contribution is 8.72. The smallest absolute Gasteiger partial charge is 0.230 e. The molecule has 4 nitrogen and oxygen atoms in total. The molecular weight excluding hydrogens is 248 g/mol. The van der Waals surface area contributed by atoms with Crippen molar-refractivity contribution in [3.05, 3.63) is 30.3 Å². The number of hydrogen-bond acceptors (Lipinski definition) is 5.